The number of carboxylic acid groups (broad SMARTS) is 1. The van der Waals surface area contributed by atoms with Crippen molar-refractivity contribution in [1.82, 2.24) is 4.90 Å². The number of aliphatic hydroxyl groups is 1. The first-order valence-electron chi connectivity index (χ1n) is 6.48. The van der Waals surface area contributed by atoms with Gasteiger partial charge in [-0.15, -0.1) is 0 Å². The molecule has 20 heavy (non-hydrogen) atoms. The number of carbonyl (C=O) groups is 1. The predicted octanol–water partition coefficient (Wildman–Crippen LogP) is 2.75. The Morgan fingerprint density at radius 3 is 2.80 bits per heavy atom. The van der Waals surface area contributed by atoms with Crippen molar-refractivity contribution in [1.29, 1.82) is 0 Å². The fourth-order valence-corrected chi connectivity index (χ4v) is 3.37. The molecule has 0 heterocycles. The van der Waals surface area contributed by atoms with Gasteiger partial charge in [0.2, 0.25) is 0 Å². The molecule has 0 amide bonds. The number of benzene rings is 1. The molecule has 0 aliphatic heterocycles. The first kappa shape index (κ1) is 15.6. The third-order valence-corrected chi connectivity index (χ3v) is 4.22. The van der Waals surface area contributed by atoms with Crippen molar-refractivity contribution in [3.8, 4) is 0 Å². The van der Waals surface area contributed by atoms with Gasteiger partial charge >= 0.3 is 5.97 Å². The van der Waals surface area contributed by atoms with Gasteiger partial charge in [-0.2, -0.15) is 0 Å². The van der Waals surface area contributed by atoms with Gasteiger partial charge in [-0.05, 0) is 43.3 Å². The second-order valence-electron chi connectivity index (χ2n) is 5.15. The van der Waals surface area contributed by atoms with E-state index in [1.165, 1.54) is 0 Å². The van der Waals surface area contributed by atoms with Crippen LogP contribution in [0, 0.1) is 0 Å². The van der Waals surface area contributed by atoms with E-state index < -0.39 is 12.1 Å². The molecule has 2 N–H and O–H groups in total. The smallest absolute Gasteiger partial charge is 0.303 e. The summed E-state index contributed by atoms with van der Waals surface area (Å²) < 4.78 is 0. The Labute approximate surface area is 127 Å². The highest BCUT2D eigenvalue weighted by atomic mass is 35.5. The van der Waals surface area contributed by atoms with Crippen molar-refractivity contribution in [3.05, 3.63) is 33.3 Å². The van der Waals surface area contributed by atoms with Crippen molar-refractivity contribution in [2.45, 2.75) is 31.4 Å². The molecule has 0 aromatic heterocycles. The number of hydrogen-bond donors (Lipinski definition) is 2. The molecule has 1 aliphatic carbocycles. The van der Waals surface area contributed by atoms with Crippen LogP contribution in [0.2, 0.25) is 10.0 Å². The molecule has 1 aromatic rings. The Bertz CT molecular complexity index is 521. The number of rotatable bonds is 5. The summed E-state index contributed by atoms with van der Waals surface area (Å²) in [5.41, 5.74) is 1.87. The zero-order valence-corrected chi connectivity index (χ0v) is 12.7. The molecule has 0 bridgehead atoms. The topological polar surface area (TPSA) is 60.8 Å². The third-order valence-electron chi connectivity index (χ3n) is 3.67. The second kappa shape index (κ2) is 6.31. The van der Waals surface area contributed by atoms with Gasteiger partial charge in [0.15, 0.2) is 0 Å². The van der Waals surface area contributed by atoms with Crippen LogP contribution in [-0.2, 0) is 11.2 Å². The molecule has 0 fully saturated rings. The minimum absolute atomic E-state index is 0.121. The number of fused-ring (bicyclic) bond motifs is 1. The minimum Gasteiger partial charge on any atom is -0.481 e. The van der Waals surface area contributed by atoms with Gasteiger partial charge in [0.25, 0.3) is 0 Å². The first-order valence-corrected chi connectivity index (χ1v) is 7.23. The third kappa shape index (κ3) is 3.26. The van der Waals surface area contributed by atoms with Crippen LogP contribution in [0.15, 0.2) is 12.1 Å². The Morgan fingerprint density at radius 1 is 1.45 bits per heavy atom. The summed E-state index contributed by atoms with van der Waals surface area (Å²) in [5, 5.41) is 20.0. The SMILES string of the molecule is CN(CCCC(=O)O)[C@H]1c2cc(Cl)cc(Cl)c2C[C@H]1O. The molecule has 0 spiro atoms. The van der Waals surface area contributed by atoms with E-state index >= 15 is 0 Å². The Balaban J connectivity index is 2.15. The van der Waals surface area contributed by atoms with Crippen LogP contribution in [0.3, 0.4) is 0 Å². The molecule has 2 atom stereocenters. The molecule has 0 radical (unpaired) electrons. The van der Waals surface area contributed by atoms with Crippen LogP contribution in [0.1, 0.15) is 30.0 Å². The number of nitrogens with zero attached hydrogens (tertiary/aromatic N) is 1. The van der Waals surface area contributed by atoms with Crippen molar-refractivity contribution in [3.63, 3.8) is 0 Å². The number of hydrogen-bond acceptors (Lipinski definition) is 3. The van der Waals surface area contributed by atoms with Gasteiger partial charge in [-0.1, -0.05) is 23.2 Å². The molecule has 2 rings (SSSR count). The molecular weight excluding hydrogens is 301 g/mol. The normalized spacial score (nSPS) is 21.2. The number of likely N-dealkylation sites (N-methyl/N-ethyl adjacent to an activating group) is 1. The van der Waals surface area contributed by atoms with Gasteiger partial charge in [0.1, 0.15) is 0 Å². The fourth-order valence-electron chi connectivity index (χ4n) is 2.78. The lowest BCUT2D eigenvalue weighted by Gasteiger charge is -2.27. The quantitative estimate of drug-likeness (QED) is 0.876. The van der Waals surface area contributed by atoms with Crippen molar-refractivity contribution < 1.29 is 15.0 Å². The van der Waals surface area contributed by atoms with Gasteiger partial charge in [-0.25, -0.2) is 0 Å². The molecule has 0 saturated carbocycles. The number of aliphatic carboxylic acids is 1. The summed E-state index contributed by atoms with van der Waals surface area (Å²) in [6.07, 6.45) is 0.615. The van der Waals surface area contributed by atoms with E-state index in [4.69, 9.17) is 28.3 Å². The molecular formula is C14H17Cl2NO3. The van der Waals surface area contributed by atoms with Crippen molar-refractivity contribution >= 4 is 29.2 Å². The van der Waals surface area contributed by atoms with Crippen LogP contribution in [0.25, 0.3) is 0 Å². The Morgan fingerprint density at radius 2 is 2.15 bits per heavy atom. The lowest BCUT2D eigenvalue weighted by atomic mass is 10.1. The molecule has 4 nitrogen and oxygen atoms in total. The van der Waals surface area contributed by atoms with Gasteiger partial charge in [-0.3, -0.25) is 9.69 Å². The zero-order valence-electron chi connectivity index (χ0n) is 11.1. The maximum absolute atomic E-state index is 10.6. The number of halogens is 2. The summed E-state index contributed by atoms with van der Waals surface area (Å²) in [6.45, 7) is 0.595. The molecule has 0 unspecified atom stereocenters. The summed E-state index contributed by atoms with van der Waals surface area (Å²) >= 11 is 12.2. The summed E-state index contributed by atoms with van der Waals surface area (Å²) in [5.74, 6) is -0.808. The highest BCUT2D eigenvalue weighted by Crippen LogP contribution is 2.40. The maximum atomic E-state index is 10.6. The Kier molecular flexibility index (Phi) is 4.91. The monoisotopic (exact) mass is 317 g/mol. The molecule has 1 aromatic carbocycles. The lowest BCUT2D eigenvalue weighted by Crippen LogP contribution is -2.32. The first-order chi connectivity index (χ1) is 9.40. The van der Waals surface area contributed by atoms with Crippen LogP contribution >= 0.6 is 23.2 Å². The number of aliphatic hydroxyl groups excluding tert-OH is 1. The molecule has 0 saturated heterocycles. The van der Waals surface area contributed by atoms with E-state index in [0.29, 0.717) is 29.4 Å². The highest BCUT2D eigenvalue weighted by molar-refractivity contribution is 6.35. The van der Waals surface area contributed by atoms with Crippen molar-refractivity contribution in [2.75, 3.05) is 13.6 Å². The van der Waals surface area contributed by atoms with Crippen molar-refractivity contribution in [2.24, 2.45) is 0 Å². The molecule has 6 heteroatoms. The summed E-state index contributed by atoms with van der Waals surface area (Å²) in [7, 11) is 1.87. The van der Waals surface area contributed by atoms with Gasteiger partial charge in [0, 0.05) is 22.9 Å². The Hall–Kier alpha value is -0.810. The van der Waals surface area contributed by atoms with Crippen LogP contribution in [-0.4, -0.2) is 40.8 Å². The van der Waals surface area contributed by atoms with Gasteiger partial charge < -0.3 is 10.2 Å². The zero-order chi connectivity index (χ0) is 14.9. The van der Waals surface area contributed by atoms with Crippen LogP contribution in [0.5, 0.6) is 0 Å². The van der Waals surface area contributed by atoms with E-state index in [2.05, 4.69) is 0 Å². The second-order valence-corrected chi connectivity index (χ2v) is 5.99. The van der Waals surface area contributed by atoms with Crippen LogP contribution < -0.4 is 0 Å². The maximum Gasteiger partial charge on any atom is 0.303 e. The van der Waals surface area contributed by atoms with E-state index in [-0.39, 0.29) is 12.5 Å². The van der Waals surface area contributed by atoms with Gasteiger partial charge in [0.05, 0.1) is 12.1 Å². The molecule has 1 aliphatic rings. The summed E-state index contributed by atoms with van der Waals surface area (Å²) in [4.78, 5) is 12.5. The van der Waals surface area contributed by atoms with E-state index in [0.717, 1.165) is 11.1 Å². The highest BCUT2D eigenvalue weighted by Gasteiger charge is 2.35. The predicted molar refractivity (Wildman–Crippen MR) is 78.4 cm³/mol. The summed E-state index contributed by atoms with van der Waals surface area (Å²) in [6, 6.07) is 3.33. The standard InChI is InChI=1S/C14H17Cl2NO3/c1-17(4-2-3-13(19)20)14-10-5-8(15)6-11(16)9(10)7-12(14)18/h5-6,12,14,18H,2-4,7H2,1H3,(H,19,20)/t12-,14+/m1/s1. The molecule has 110 valence electrons. The van der Waals surface area contributed by atoms with E-state index in [1.807, 2.05) is 18.0 Å². The minimum atomic E-state index is -0.808. The largest absolute Gasteiger partial charge is 0.481 e. The fraction of sp³-hybridized carbons (Fsp3) is 0.500. The number of carboxylic acids is 1. The lowest BCUT2D eigenvalue weighted by molar-refractivity contribution is -0.137. The average Bonchev–Trinajstić information content (AvgIpc) is 2.65. The van der Waals surface area contributed by atoms with Crippen LogP contribution in [0.4, 0.5) is 0 Å². The average molecular weight is 318 g/mol. The van der Waals surface area contributed by atoms with E-state index in [1.54, 1.807) is 6.07 Å². The van der Waals surface area contributed by atoms with E-state index in [9.17, 15) is 9.90 Å².